The Morgan fingerprint density at radius 3 is 2.33 bits per heavy atom. The number of aromatic nitrogens is 1. The number of para-hydroxylation sites is 1. The van der Waals surface area contributed by atoms with Gasteiger partial charge >= 0.3 is 5.97 Å². The molecular formula is C30H33NO5. The van der Waals surface area contributed by atoms with E-state index in [2.05, 4.69) is 13.8 Å². The van der Waals surface area contributed by atoms with E-state index in [4.69, 9.17) is 4.74 Å². The molecule has 0 bridgehead atoms. The number of ether oxygens (including phenoxy) is 1. The second kappa shape index (κ2) is 11.3. The van der Waals surface area contributed by atoms with Crippen LogP contribution in [0.25, 0.3) is 10.9 Å². The maximum absolute atomic E-state index is 12.2. The van der Waals surface area contributed by atoms with Crippen molar-refractivity contribution in [2.75, 3.05) is 6.61 Å². The van der Waals surface area contributed by atoms with Gasteiger partial charge in [0.15, 0.2) is 0 Å². The van der Waals surface area contributed by atoms with Crippen LogP contribution in [0.5, 0.6) is 11.5 Å². The number of hydrogen-bond acceptors (Lipinski definition) is 5. The molecule has 0 saturated carbocycles. The minimum absolute atomic E-state index is 0.0703. The lowest BCUT2D eigenvalue weighted by molar-refractivity contribution is 0.0259. The predicted octanol–water partition coefficient (Wildman–Crippen LogP) is 5.45. The van der Waals surface area contributed by atoms with E-state index in [1.807, 2.05) is 41.1 Å². The first kappa shape index (κ1) is 25.3. The number of aliphatic hydroxyl groups excluding tert-OH is 1. The molecule has 0 aliphatic rings. The molecule has 6 heteroatoms. The van der Waals surface area contributed by atoms with Crippen LogP contribution in [0.3, 0.4) is 0 Å². The monoisotopic (exact) mass is 487 g/mol. The molecule has 0 spiro atoms. The van der Waals surface area contributed by atoms with E-state index in [9.17, 15) is 20.1 Å². The van der Waals surface area contributed by atoms with E-state index in [0.29, 0.717) is 23.5 Å². The van der Waals surface area contributed by atoms with Gasteiger partial charge in [0.05, 0.1) is 23.8 Å². The Hall–Kier alpha value is -3.77. The number of carbonyl (C=O) groups excluding carboxylic acids is 1. The van der Waals surface area contributed by atoms with Crippen molar-refractivity contribution in [1.82, 2.24) is 4.57 Å². The SMILES string of the molecule is CC(C)CCc1cc(O)c(Cn2cc(C[C@H](O)COC(=O)c3ccccc3)c3ccccc32)c(O)c1. The first-order valence-corrected chi connectivity index (χ1v) is 12.3. The average molecular weight is 488 g/mol. The zero-order valence-electron chi connectivity index (χ0n) is 20.7. The van der Waals surface area contributed by atoms with E-state index in [1.54, 1.807) is 36.4 Å². The van der Waals surface area contributed by atoms with Crippen molar-refractivity contribution in [2.24, 2.45) is 5.92 Å². The van der Waals surface area contributed by atoms with Gasteiger partial charge in [-0.2, -0.15) is 0 Å². The van der Waals surface area contributed by atoms with Gasteiger partial charge in [-0.05, 0) is 60.2 Å². The summed E-state index contributed by atoms with van der Waals surface area (Å²) in [4.78, 5) is 12.2. The first-order chi connectivity index (χ1) is 17.3. The number of benzene rings is 3. The molecule has 4 aromatic rings. The Bertz CT molecular complexity index is 1300. The highest BCUT2D eigenvalue weighted by Gasteiger charge is 2.17. The van der Waals surface area contributed by atoms with Crippen molar-refractivity contribution in [1.29, 1.82) is 0 Å². The lowest BCUT2D eigenvalue weighted by Gasteiger charge is -2.13. The summed E-state index contributed by atoms with van der Waals surface area (Å²) in [6, 6.07) is 19.9. The van der Waals surface area contributed by atoms with Crippen LogP contribution < -0.4 is 0 Å². The Morgan fingerprint density at radius 2 is 1.64 bits per heavy atom. The topological polar surface area (TPSA) is 91.9 Å². The van der Waals surface area contributed by atoms with Crippen molar-refractivity contribution < 1.29 is 24.9 Å². The highest BCUT2D eigenvalue weighted by molar-refractivity contribution is 5.89. The maximum atomic E-state index is 12.2. The fraction of sp³-hybridized carbons (Fsp3) is 0.300. The molecule has 3 aromatic carbocycles. The number of rotatable bonds is 10. The minimum atomic E-state index is -0.876. The van der Waals surface area contributed by atoms with Gasteiger partial charge in [0.2, 0.25) is 0 Å². The van der Waals surface area contributed by atoms with Crippen molar-refractivity contribution in [2.45, 2.75) is 45.8 Å². The van der Waals surface area contributed by atoms with Gasteiger partial charge in [0, 0.05) is 23.5 Å². The van der Waals surface area contributed by atoms with Crippen LogP contribution in [0.4, 0.5) is 0 Å². The minimum Gasteiger partial charge on any atom is -0.507 e. The normalized spacial score (nSPS) is 12.2. The van der Waals surface area contributed by atoms with E-state index < -0.39 is 12.1 Å². The first-order valence-electron chi connectivity index (χ1n) is 12.3. The largest absolute Gasteiger partial charge is 0.507 e. The van der Waals surface area contributed by atoms with Crippen LogP contribution >= 0.6 is 0 Å². The number of hydrogen-bond donors (Lipinski definition) is 3. The van der Waals surface area contributed by atoms with E-state index >= 15 is 0 Å². The van der Waals surface area contributed by atoms with Gasteiger partial charge in [-0.3, -0.25) is 0 Å². The summed E-state index contributed by atoms with van der Waals surface area (Å²) in [6.45, 7) is 4.45. The number of phenolic OH excluding ortho intramolecular Hbond substituents is 2. The Balaban J connectivity index is 1.50. The summed E-state index contributed by atoms with van der Waals surface area (Å²) < 4.78 is 7.25. The number of fused-ring (bicyclic) bond motifs is 1. The van der Waals surface area contributed by atoms with E-state index in [1.165, 1.54) is 0 Å². The van der Waals surface area contributed by atoms with Gasteiger partial charge in [0.1, 0.15) is 18.1 Å². The maximum Gasteiger partial charge on any atom is 0.338 e. The number of phenols is 2. The van der Waals surface area contributed by atoms with Gasteiger partial charge in [-0.1, -0.05) is 50.2 Å². The summed E-state index contributed by atoms with van der Waals surface area (Å²) >= 11 is 0. The van der Waals surface area contributed by atoms with Crippen LogP contribution in [0.15, 0.2) is 72.9 Å². The predicted molar refractivity (Wildman–Crippen MR) is 140 cm³/mol. The van der Waals surface area contributed by atoms with E-state index in [-0.39, 0.29) is 24.7 Å². The number of aromatic hydroxyl groups is 2. The lowest BCUT2D eigenvalue weighted by Crippen LogP contribution is -2.20. The molecule has 4 rings (SSSR count). The standard InChI is InChI=1S/C30H33NO5/c1-20(2)12-13-21-14-28(33)26(29(34)15-21)18-31-17-23(25-10-6-7-11-27(25)31)16-24(32)19-36-30(35)22-8-4-3-5-9-22/h3-11,14-15,17,20,24,32-34H,12-13,16,18-19H2,1-2H3/t24-/m0/s1. The average Bonchev–Trinajstić information content (AvgIpc) is 3.21. The summed E-state index contributed by atoms with van der Waals surface area (Å²) in [6.07, 6.45) is 3.11. The third-order valence-electron chi connectivity index (χ3n) is 6.34. The second-order valence-corrected chi connectivity index (χ2v) is 9.67. The van der Waals surface area contributed by atoms with Gasteiger partial charge in [-0.15, -0.1) is 0 Å². The molecule has 0 fully saturated rings. The highest BCUT2D eigenvalue weighted by atomic mass is 16.5. The summed E-state index contributed by atoms with van der Waals surface area (Å²) in [5.74, 6) is 0.206. The van der Waals surface area contributed by atoms with Gasteiger partial charge in [-0.25, -0.2) is 4.79 Å². The summed E-state index contributed by atoms with van der Waals surface area (Å²) in [5, 5.41) is 32.9. The Morgan fingerprint density at radius 1 is 0.972 bits per heavy atom. The van der Waals surface area contributed by atoms with Crippen LogP contribution in [-0.4, -0.2) is 38.6 Å². The number of aliphatic hydroxyl groups is 1. The zero-order valence-corrected chi connectivity index (χ0v) is 20.7. The quantitative estimate of drug-likeness (QED) is 0.259. The molecule has 0 unspecified atom stereocenters. The van der Waals surface area contributed by atoms with Crippen LogP contribution in [0.2, 0.25) is 0 Å². The number of esters is 1. The second-order valence-electron chi connectivity index (χ2n) is 9.67. The van der Waals surface area contributed by atoms with Crippen molar-refractivity contribution >= 4 is 16.9 Å². The molecule has 1 atom stereocenters. The number of carbonyl (C=O) groups is 1. The van der Waals surface area contributed by atoms with Crippen molar-refractivity contribution in [3.05, 3.63) is 95.2 Å². The summed E-state index contributed by atoms with van der Waals surface area (Å²) in [7, 11) is 0. The lowest BCUT2D eigenvalue weighted by atomic mass is 10.0. The molecule has 3 N–H and O–H groups in total. The molecule has 0 aliphatic carbocycles. The third-order valence-corrected chi connectivity index (χ3v) is 6.34. The third kappa shape index (κ3) is 6.07. The van der Waals surface area contributed by atoms with Gasteiger partial charge < -0.3 is 24.6 Å². The summed E-state index contributed by atoms with van der Waals surface area (Å²) in [5.41, 5.74) is 3.61. The van der Waals surface area contributed by atoms with E-state index in [0.717, 1.165) is 34.9 Å². The molecular weight excluding hydrogens is 454 g/mol. The van der Waals surface area contributed by atoms with Crippen LogP contribution in [0.1, 0.15) is 47.3 Å². The van der Waals surface area contributed by atoms with Gasteiger partial charge in [0.25, 0.3) is 0 Å². The molecule has 0 saturated heterocycles. The molecule has 6 nitrogen and oxygen atoms in total. The fourth-order valence-electron chi connectivity index (χ4n) is 4.39. The molecule has 1 aromatic heterocycles. The highest BCUT2D eigenvalue weighted by Crippen LogP contribution is 2.32. The Kier molecular flexibility index (Phi) is 7.96. The number of aryl methyl sites for hydroxylation is 1. The van der Waals surface area contributed by atoms with Crippen LogP contribution in [-0.2, 0) is 24.1 Å². The number of nitrogens with zero attached hydrogens (tertiary/aromatic N) is 1. The van der Waals surface area contributed by atoms with Crippen molar-refractivity contribution in [3.8, 4) is 11.5 Å². The van der Waals surface area contributed by atoms with Crippen LogP contribution in [0, 0.1) is 5.92 Å². The fourth-order valence-corrected chi connectivity index (χ4v) is 4.39. The molecule has 1 heterocycles. The molecule has 0 amide bonds. The Labute approximate surface area is 211 Å². The molecule has 188 valence electrons. The molecule has 36 heavy (non-hydrogen) atoms. The smallest absolute Gasteiger partial charge is 0.338 e. The zero-order chi connectivity index (χ0) is 25.7. The molecule has 0 aliphatic heterocycles. The molecule has 0 radical (unpaired) electrons. The van der Waals surface area contributed by atoms with Crippen molar-refractivity contribution in [3.63, 3.8) is 0 Å².